The number of alkyl halides is 3. The molecule has 178 valence electrons. The molecule has 0 spiro atoms. The second-order valence-electron chi connectivity index (χ2n) is 7.37. The molecule has 1 amide bonds. The first-order valence-corrected chi connectivity index (χ1v) is 11.3. The molecule has 3 rings (SSSR count). The maximum absolute atomic E-state index is 12.9. The van der Waals surface area contributed by atoms with E-state index < -0.39 is 56.9 Å². The molecule has 0 radical (unpaired) electrons. The first-order chi connectivity index (χ1) is 15.5. The zero-order valence-corrected chi connectivity index (χ0v) is 18.0. The Labute approximate surface area is 187 Å². The lowest BCUT2D eigenvalue weighted by molar-refractivity contribution is -0.152. The van der Waals surface area contributed by atoms with Gasteiger partial charge in [-0.15, -0.1) is 0 Å². The molecule has 0 aromatic heterocycles. The van der Waals surface area contributed by atoms with Crippen molar-refractivity contribution in [3.05, 3.63) is 59.9 Å². The summed E-state index contributed by atoms with van der Waals surface area (Å²) in [6, 6.07) is 8.47. The average molecular weight is 488 g/mol. The van der Waals surface area contributed by atoms with Crippen LogP contribution in [0, 0.1) is 11.7 Å². The van der Waals surface area contributed by atoms with Crippen LogP contribution in [0.5, 0.6) is 0 Å². The van der Waals surface area contributed by atoms with Crippen LogP contribution in [0.2, 0.25) is 0 Å². The minimum atomic E-state index is -4.68. The van der Waals surface area contributed by atoms with Gasteiger partial charge in [0, 0.05) is 18.8 Å². The van der Waals surface area contributed by atoms with E-state index in [1.54, 1.807) is 0 Å². The lowest BCUT2D eigenvalue weighted by Crippen LogP contribution is -2.41. The van der Waals surface area contributed by atoms with Gasteiger partial charge in [-0.1, -0.05) is 6.07 Å². The molecule has 1 N–H and O–H groups in total. The topological polar surface area (TPSA) is 92.8 Å². The van der Waals surface area contributed by atoms with E-state index in [0.29, 0.717) is 11.8 Å². The molecule has 0 aliphatic carbocycles. The largest absolute Gasteiger partial charge is 0.455 e. The Bertz CT molecular complexity index is 1110. The molecule has 1 fully saturated rings. The molecule has 0 saturated carbocycles. The summed E-state index contributed by atoms with van der Waals surface area (Å²) in [7, 11) is -4.17. The van der Waals surface area contributed by atoms with Crippen LogP contribution in [0.1, 0.15) is 18.4 Å². The van der Waals surface area contributed by atoms with E-state index in [9.17, 15) is 35.6 Å². The Hall–Kier alpha value is -2.99. The number of benzene rings is 2. The number of ether oxygens (including phenoxy) is 1. The number of carbonyl (C=O) groups excluding carboxylic acids is 2. The van der Waals surface area contributed by atoms with E-state index >= 15 is 0 Å². The predicted octanol–water partition coefficient (Wildman–Crippen LogP) is 3.43. The summed E-state index contributed by atoms with van der Waals surface area (Å²) in [4.78, 5) is 23.6. The van der Waals surface area contributed by atoms with Crippen molar-refractivity contribution in [2.75, 3.05) is 25.0 Å². The molecule has 0 atom stereocenters. The third-order valence-electron chi connectivity index (χ3n) is 5.06. The number of piperidine rings is 1. The Morgan fingerprint density at radius 1 is 1.06 bits per heavy atom. The first kappa shape index (κ1) is 24.6. The Morgan fingerprint density at radius 3 is 2.30 bits per heavy atom. The van der Waals surface area contributed by atoms with Crippen LogP contribution in [0.25, 0.3) is 0 Å². The van der Waals surface area contributed by atoms with Gasteiger partial charge in [-0.3, -0.25) is 9.59 Å². The quantitative estimate of drug-likeness (QED) is 0.497. The van der Waals surface area contributed by atoms with Gasteiger partial charge in [0.2, 0.25) is 10.0 Å². The normalized spacial score (nSPS) is 15.8. The highest BCUT2D eigenvalue weighted by atomic mass is 32.2. The molecule has 1 heterocycles. The number of halogens is 4. The van der Waals surface area contributed by atoms with Gasteiger partial charge in [0.05, 0.1) is 16.4 Å². The SMILES string of the molecule is O=C(COC(=O)C1CCN(S(=O)(=O)c2cccc(C(F)(F)F)c2)CC1)Nc1ccc(F)cc1. The number of hydrogen-bond acceptors (Lipinski definition) is 5. The monoisotopic (exact) mass is 488 g/mol. The van der Waals surface area contributed by atoms with Crippen molar-refractivity contribution in [2.24, 2.45) is 5.92 Å². The van der Waals surface area contributed by atoms with Crippen LogP contribution in [-0.2, 0) is 30.5 Å². The highest BCUT2D eigenvalue weighted by Gasteiger charge is 2.35. The lowest BCUT2D eigenvalue weighted by atomic mass is 9.98. The van der Waals surface area contributed by atoms with Crippen molar-refractivity contribution in [3.8, 4) is 0 Å². The van der Waals surface area contributed by atoms with Gasteiger partial charge in [-0.05, 0) is 55.3 Å². The standard InChI is InChI=1S/C21H20F4N2O5S/c22-16-4-6-17(7-5-16)26-19(28)13-32-20(29)14-8-10-27(11-9-14)33(30,31)18-3-1-2-15(12-18)21(23,24)25/h1-7,12,14H,8-11,13H2,(H,26,28). The number of esters is 1. The number of amides is 1. The van der Waals surface area contributed by atoms with Gasteiger partial charge in [0.15, 0.2) is 6.61 Å². The maximum Gasteiger partial charge on any atom is 0.416 e. The van der Waals surface area contributed by atoms with E-state index in [1.807, 2.05) is 0 Å². The van der Waals surface area contributed by atoms with Crippen molar-refractivity contribution in [1.29, 1.82) is 0 Å². The van der Waals surface area contributed by atoms with Crippen molar-refractivity contribution < 1.29 is 40.3 Å². The predicted molar refractivity (Wildman–Crippen MR) is 109 cm³/mol. The highest BCUT2D eigenvalue weighted by molar-refractivity contribution is 7.89. The van der Waals surface area contributed by atoms with Crippen LogP contribution in [-0.4, -0.2) is 44.3 Å². The summed E-state index contributed by atoms with van der Waals surface area (Å²) in [6.07, 6.45) is -4.49. The third-order valence-corrected chi connectivity index (χ3v) is 6.95. The number of anilines is 1. The number of carbonyl (C=O) groups is 2. The van der Waals surface area contributed by atoms with Gasteiger partial charge >= 0.3 is 12.1 Å². The summed E-state index contributed by atoms with van der Waals surface area (Å²) >= 11 is 0. The number of hydrogen-bond donors (Lipinski definition) is 1. The molecule has 0 bridgehead atoms. The van der Waals surface area contributed by atoms with Gasteiger partial charge in [0.1, 0.15) is 5.82 Å². The van der Waals surface area contributed by atoms with Crippen LogP contribution in [0.3, 0.4) is 0 Å². The second-order valence-corrected chi connectivity index (χ2v) is 9.30. The fraction of sp³-hybridized carbons (Fsp3) is 0.333. The smallest absolute Gasteiger partial charge is 0.416 e. The number of sulfonamides is 1. The van der Waals surface area contributed by atoms with E-state index in [-0.39, 0.29) is 25.9 Å². The van der Waals surface area contributed by atoms with Crippen LogP contribution < -0.4 is 5.32 Å². The molecule has 1 aliphatic heterocycles. The maximum atomic E-state index is 12.9. The fourth-order valence-corrected chi connectivity index (χ4v) is 4.81. The summed E-state index contributed by atoms with van der Waals surface area (Å²) in [5.74, 6) is -2.43. The summed E-state index contributed by atoms with van der Waals surface area (Å²) in [5, 5.41) is 2.44. The Morgan fingerprint density at radius 2 is 1.70 bits per heavy atom. The minimum Gasteiger partial charge on any atom is -0.455 e. The summed E-state index contributed by atoms with van der Waals surface area (Å²) in [6.45, 7) is -0.737. The average Bonchev–Trinajstić information content (AvgIpc) is 2.78. The molecule has 1 saturated heterocycles. The first-order valence-electron chi connectivity index (χ1n) is 9.86. The zero-order valence-electron chi connectivity index (χ0n) is 17.1. The van der Waals surface area contributed by atoms with E-state index in [0.717, 1.165) is 34.6 Å². The lowest BCUT2D eigenvalue weighted by Gasteiger charge is -2.30. The van der Waals surface area contributed by atoms with Crippen molar-refractivity contribution >= 4 is 27.6 Å². The molecule has 33 heavy (non-hydrogen) atoms. The molecular formula is C21H20F4N2O5S. The number of rotatable bonds is 6. The second kappa shape index (κ2) is 9.87. The fourth-order valence-electron chi connectivity index (χ4n) is 3.30. The molecule has 12 heteroatoms. The summed E-state index contributed by atoms with van der Waals surface area (Å²) < 4.78 is 83.0. The van der Waals surface area contributed by atoms with E-state index in [4.69, 9.17) is 4.74 Å². The molecule has 2 aromatic carbocycles. The van der Waals surface area contributed by atoms with Crippen molar-refractivity contribution in [1.82, 2.24) is 4.31 Å². The van der Waals surface area contributed by atoms with E-state index in [1.165, 1.54) is 12.1 Å². The third kappa shape index (κ3) is 6.29. The number of nitrogens with one attached hydrogen (secondary N) is 1. The molecule has 0 unspecified atom stereocenters. The van der Waals surface area contributed by atoms with Crippen LogP contribution in [0.15, 0.2) is 53.4 Å². The molecular weight excluding hydrogens is 468 g/mol. The minimum absolute atomic E-state index is 0.0832. The molecule has 2 aromatic rings. The van der Waals surface area contributed by atoms with Crippen molar-refractivity contribution in [2.45, 2.75) is 23.9 Å². The highest BCUT2D eigenvalue weighted by Crippen LogP contribution is 2.32. The molecule has 1 aliphatic rings. The number of nitrogens with zero attached hydrogens (tertiary/aromatic N) is 1. The van der Waals surface area contributed by atoms with Gasteiger partial charge in [0.25, 0.3) is 5.91 Å². The van der Waals surface area contributed by atoms with Crippen LogP contribution in [0.4, 0.5) is 23.2 Å². The summed E-state index contributed by atoms with van der Waals surface area (Å²) in [5.41, 5.74) is -0.744. The Balaban J connectivity index is 1.52. The van der Waals surface area contributed by atoms with E-state index in [2.05, 4.69) is 5.32 Å². The zero-order chi connectivity index (χ0) is 24.2. The van der Waals surface area contributed by atoms with Gasteiger partial charge < -0.3 is 10.1 Å². The van der Waals surface area contributed by atoms with Gasteiger partial charge in [-0.2, -0.15) is 17.5 Å². The molecule has 7 nitrogen and oxygen atoms in total. The Kier molecular flexibility index (Phi) is 7.38. The van der Waals surface area contributed by atoms with Gasteiger partial charge in [-0.25, -0.2) is 12.8 Å². The van der Waals surface area contributed by atoms with Crippen molar-refractivity contribution in [3.63, 3.8) is 0 Å². The van der Waals surface area contributed by atoms with Crippen LogP contribution >= 0.6 is 0 Å².